The van der Waals surface area contributed by atoms with E-state index in [-0.39, 0.29) is 5.69 Å². The molecule has 0 amide bonds. The Labute approximate surface area is 97.5 Å². The molecule has 2 heterocycles. The minimum atomic E-state index is 0.242. The van der Waals surface area contributed by atoms with E-state index in [2.05, 4.69) is 21.4 Å². The number of nitrogens with zero attached hydrogens (tertiary/aromatic N) is 5. The van der Waals surface area contributed by atoms with Crippen LogP contribution in [0.2, 0.25) is 0 Å². The number of hydrogen-bond acceptors (Lipinski definition) is 5. The molecular weight excluding hydrogens is 218 g/mol. The summed E-state index contributed by atoms with van der Waals surface area (Å²) in [4.78, 5) is 14.8. The molecule has 0 saturated heterocycles. The van der Waals surface area contributed by atoms with Gasteiger partial charge in [0.25, 0.3) is 0 Å². The number of pyridine rings is 1. The minimum absolute atomic E-state index is 0.242. The van der Waals surface area contributed by atoms with Crippen molar-refractivity contribution >= 4 is 6.29 Å². The molecule has 0 atom stereocenters. The molecule has 17 heavy (non-hydrogen) atoms. The normalized spacial score (nSPS) is 9.94. The molecule has 2 rings (SSSR count). The monoisotopic (exact) mass is 227 g/mol. The van der Waals surface area contributed by atoms with Gasteiger partial charge in [-0.1, -0.05) is 5.21 Å². The first-order valence-corrected chi connectivity index (χ1v) is 4.92. The summed E-state index contributed by atoms with van der Waals surface area (Å²) in [5.41, 5.74) is 2.25. The van der Waals surface area contributed by atoms with Gasteiger partial charge in [0.2, 0.25) is 0 Å². The highest BCUT2D eigenvalue weighted by molar-refractivity contribution is 5.70. The van der Waals surface area contributed by atoms with Crippen molar-refractivity contribution < 1.29 is 4.79 Å². The highest BCUT2D eigenvalue weighted by atomic mass is 16.1. The van der Waals surface area contributed by atoms with Crippen LogP contribution in [0.4, 0.5) is 0 Å². The predicted octanol–water partition coefficient (Wildman–Crippen LogP) is 0.963. The zero-order valence-corrected chi connectivity index (χ0v) is 9.38. The molecule has 0 aromatic carbocycles. The van der Waals surface area contributed by atoms with Crippen molar-refractivity contribution in [1.82, 2.24) is 20.0 Å². The zero-order valence-electron chi connectivity index (χ0n) is 9.38. The van der Waals surface area contributed by atoms with Gasteiger partial charge in [-0.15, -0.1) is 5.10 Å². The van der Waals surface area contributed by atoms with E-state index in [0.717, 1.165) is 5.56 Å². The lowest BCUT2D eigenvalue weighted by molar-refractivity contribution is 0.111. The smallest absolute Gasteiger partial charge is 0.171 e. The number of carbonyl (C=O) groups is 1. The SMILES string of the molecule is Cc1cc(-n2cc(C=O)nn2)nc(C)c1C#N. The Bertz CT molecular complexity index is 600. The molecule has 6 heteroatoms. The van der Waals surface area contributed by atoms with Crippen molar-refractivity contribution in [3.05, 3.63) is 34.8 Å². The lowest BCUT2D eigenvalue weighted by Gasteiger charge is -2.05. The van der Waals surface area contributed by atoms with Crippen LogP contribution in [-0.4, -0.2) is 26.3 Å². The summed E-state index contributed by atoms with van der Waals surface area (Å²) in [5, 5.41) is 16.4. The highest BCUT2D eigenvalue weighted by Gasteiger charge is 2.09. The van der Waals surface area contributed by atoms with Crippen LogP contribution < -0.4 is 0 Å². The minimum Gasteiger partial charge on any atom is -0.296 e. The highest BCUT2D eigenvalue weighted by Crippen LogP contribution is 2.14. The molecule has 0 saturated carbocycles. The number of rotatable bonds is 2. The van der Waals surface area contributed by atoms with E-state index in [0.29, 0.717) is 23.4 Å². The molecular formula is C11H9N5O. The first-order valence-electron chi connectivity index (χ1n) is 4.92. The van der Waals surface area contributed by atoms with E-state index in [1.807, 2.05) is 6.92 Å². The summed E-state index contributed by atoms with van der Waals surface area (Å²) in [6, 6.07) is 3.83. The van der Waals surface area contributed by atoms with Crippen molar-refractivity contribution in [2.24, 2.45) is 0 Å². The first kappa shape index (κ1) is 11.0. The second-order valence-corrected chi connectivity index (χ2v) is 3.58. The van der Waals surface area contributed by atoms with E-state index in [1.54, 1.807) is 13.0 Å². The van der Waals surface area contributed by atoms with Crippen LogP contribution in [0.1, 0.15) is 27.3 Å². The Hall–Kier alpha value is -2.55. The molecule has 0 radical (unpaired) electrons. The van der Waals surface area contributed by atoms with Crippen LogP contribution in [0.5, 0.6) is 0 Å². The molecule has 0 spiro atoms. The van der Waals surface area contributed by atoms with E-state index in [1.165, 1.54) is 10.9 Å². The van der Waals surface area contributed by atoms with Gasteiger partial charge in [0.1, 0.15) is 11.8 Å². The van der Waals surface area contributed by atoms with Crippen molar-refractivity contribution in [2.45, 2.75) is 13.8 Å². The second-order valence-electron chi connectivity index (χ2n) is 3.58. The summed E-state index contributed by atoms with van der Waals surface area (Å²) in [6.45, 7) is 3.58. The molecule has 0 aliphatic carbocycles. The third-order valence-corrected chi connectivity index (χ3v) is 2.36. The van der Waals surface area contributed by atoms with Crippen molar-refractivity contribution in [1.29, 1.82) is 5.26 Å². The Morgan fingerprint density at radius 3 is 2.76 bits per heavy atom. The standard InChI is InChI=1S/C11H9N5O/c1-7-3-11(13-8(2)10(7)4-12)16-5-9(6-17)14-15-16/h3,5-6H,1-2H3. The Morgan fingerprint density at radius 1 is 1.47 bits per heavy atom. The van der Waals surface area contributed by atoms with Gasteiger partial charge in [0.05, 0.1) is 17.5 Å². The molecule has 0 unspecified atom stereocenters. The number of aryl methyl sites for hydroxylation is 2. The molecule has 2 aromatic heterocycles. The average Bonchev–Trinajstić information content (AvgIpc) is 2.77. The van der Waals surface area contributed by atoms with Crippen LogP contribution in [0.15, 0.2) is 12.3 Å². The van der Waals surface area contributed by atoms with E-state index in [4.69, 9.17) is 5.26 Å². The van der Waals surface area contributed by atoms with Crippen LogP contribution in [-0.2, 0) is 0 Å². The van der Waals surface area contributed by atoms with Gasteiger partial charge in [-0.05, 0) is 25.5 Å². The van der Waals surface area contributed by atoms with Gasteiger partial charge >= 0.3 is 0 Å². The number of aldehydes is 1. The third kappa shape index (κ3) is 1.90. The average molecular weight is 227 g/mol. The molecule has 6 nitrogen and oxygen atoms in total. The second kappa shape index (κ2) is 4.14. The molecule has 0 fully saturated rings. The Kier molecular flexibility index (Phi) is 2.66. The topological polar surface area (TPSA) is 84.5 Å². The van der Waals surface area contributed by atoms with Gasteiger partial charge in [0.15, 0.2) is 12.1 Å². The quantitative estimate of drug-likeness (QED) is 0.713. The third-order valence-electron chi connectivity index (χ3n) is 2.36. The summed E-state index contributed by atoms with van der Waals surface area (Å²) in [6.07, 6.45) is 2.10. The fourth-order valence-corrected chi connectivity index (χ4v) is 1.54. The predicted molar refractivity (Wildman–Crippen MR) is 58.7 cm³/mol. The molecule has 84 valence electrons. The maximum absolute atomic E-state index is 10.5. The van der Waals surface area contributed by atoms with Crippen molar-refractivity contribution in [2.75, 3.05) is 0 Å². The van der Waals surface area contributed by atoms with Gasteiger partial charge in [-0.3, -0.25) is 4.79 Å². The van der Waals surface area contributed by atoms with Crippen LogP contribution >= 0.6 is 0 Å². The van der Waals surface area contributed by atoms with Crippen LogP contribution in [0.25, 0.3) is 5.82 Å². The fourth-order valence-electron chi connectivity index (χ4n) is 1.54. The summed E-state index contributed by atoms with van der Waals surface area (Å²) < 4.78 is 1.41. The summed E-state index contributed by atoms with van der Waals surface area (Å²) in [7, 11) is 0. The van der Waals surface area contributed by atoms with Crippen LogP contribution in [0.3, 0.4) is 0 Å². The van der Waals surface area contributed by atoms with E-state index >= 15 is 0 Å². The van der Waals surface area contributed by atoms with Gasteiger partial charge < -0.3 is 0 Å². The largest absolute Gasteiger partial charge is 0.296 e. The van der Waals surface area contributed by atoms with E-state index < -0.39 is 0 Å². The number of hydrogen-bond donors (Lipinski definition) is 0. The molecule has 2 aromatic rings. The Morgan fingerprint density at radius 2 is 2.24 bits per heavy atom. The maximum atomic E-state index is 10.5. The molecule has 0 aliphatic heterocycles. The lowest BCUT2D eigenvalue weighted by Crippen LogP contribution is -2.03. The van der Waals surface area contributed by atoms with Gasteiger partial charge in [0, 0.05) is 0 Å². The lowest BCUT2D eigenvalue weighted by atomic mass is 10.1. The maximum Gasteiger partial charge on any atom is 0.171 e. The summed E-state index contributed by atoms with van der Waals surface area (Å²) in [5.74, 6) is 0.541. The van der Waals surface area contributed by atoms with E-state index in [9.17, 15) is 4.79 Å². The Balaban J connectivity index is 2.54. The molecule has 0 bridgehead atoms. The van der Waals surface area contributed by atoms with Crippen molar-refractivity contribution in [3.8, 4) is 11.9 Å². The number of carbonyl (C=O) groups excluding carboxylic acids is 1. The fraction of sp³-hybridized carbons (Fsp3) is 0.182. The number of aromatic nitrogens is 4. The van der Waals surface area contributed by atoms with Crippen LogP contribution in [0, 0.1) is 25.2 Å². The van der Waals surface area contributed by atoms with Gasteiger partial charge in [-0.25, -0.2) is 9.67 Å². The molecule has 0 aliphatic rings. The zero-order chi connectivity index (χ0) is 12.4. The molecule has 0 N–H and O–H groups in total. The summed E-state index contributed by atoms with van der Waals surface area (Å²) >= 11 is 0. The van der Waals surface area contributed by atoms with Crippen molar-refractivity contribution in [3.63, 3.8) is 0 Å². The number of nitriles is 1. The first-order chi connectivity index (χ1) is 8.15. The van der Waals surface area contributed by atoms with Gasteiger partial charge in [-0.2, -0.15) is 5.26 Å².